The van der Waals surface area contributed by atoms with E-state index >= 15 is 0 Å². The monoisotopic (exact) mass is 181 g/mol. The molecule has 1 aliphatic rings. The van der Waals surface area contributed by atoms with Crippen LogP contribution in [0.4, 0.5) is 4.79 Å². The van der Waals surface area contributed by atoms with Crippen molar-refractivity contribution in [3.63, 3.8) is 0 Å². The van der Waals surface area contributed by atoms with Crippen molar-refractivity contribution >= 4 is 6.03 Å². The number of nitrogens with one attached hydrogen (secondary N) is 1. The molecule has 13 heavy (non-hydrogen) atoms. The topological polar surface area (TPSA) is 78.9 Å². The fourth-order valence-electron chi connectivity index (χ4n) is 1.74. The van der Waals surface area contributed by atoms with Crippen LogP contribution in [-0.2, 0) is 0 Å². The van der Waals surface area contributed by atoms with Crippen molar-refractivity contribution in [1.82, 2.24) is 5.32 Å². The lowest BCUT2D eigenvalue weighted by Gasteiger charge is -2.24. The summed E-state index contributed by atoms with van der Waals surface area (Å²) in [6, 6.07) is 1.82. The molecule has 0 unspecified atom stereocenters. The van der Waals surface area contributed by atoms with Gasteiger partial charge in [0.05, 0.1) is 6.07 Å². The van der Waals surface area contributed by atoms with E-state index < -0.39 is 6.03 Å². The number of hydrogen-bond donors (Lipinski definition) is 2. The van der Waals surface area contributed by atoms with Crippen molar-refractivity contribution in [3.05, 3.63) is 0 Å². The zero-order valence-electron chi connectivity index (χ0n) is 7.62. The Hall–Kier alpha value is -1.24. The van der Waals surface area contributed by atoms with E-state index in [1.807, 2.05) is 0 Å². The Morgan fingerprint density at radius 3 is 2.54 bits per heavy atom. The van der Waals surface area contributed by atoms with Gasteiger partial charge in [-0.2, -0.15) is 5.26 Å². The maximum absolute atomic E-state index is 10.4. The second-order valence-electron chi connectivity index (χ2n) is 3.59. The fourth-order valence-corrected chi connectivity index (χ4v) is 1.74. The van der Waals surface area contributed by atoms with Crippen molar-refractivity contribution in [2.24, 2.45) is 17.6 Å². The quantitative estimate of drug-likeness (QED) is 0.666. The minimum Gasteiger partial charge on any atom is -0.352 e. The van der Waals surface area contributed by atoms with Crippen LogP contribution in [0.25, 0.3) is 0 Å². The molecule has 72 valence electrons. The van der Waals surface area contributed by atoms with Crippen LogP contribution in [0, 0.1) is 23.2 Å². The normalized spacial score (nSPS) is 27.6. The van der Waals surface area contributed by atoms with Gasteiger partial charge in [0.1, 0.15) is 0 Å². The van der Waals surface area contributed by atoms with Gasteiger partial charge in [0.15, 0.2) is 0 Å². The lowest BCUT2D eigenvalue weighted by Crippen LogP contribution is -2.34. The number of nitrogens with two attached hydrogens (primary N) is 1. The maximum Gasteiger partial charge on any atom is 0.312 e. The summed E-state index contributed by atoms with van der Waals surface area (Å²) in [6.45, 7) is 0.660. The highest BCUT2D eigenvalue weighted by atomic mass is 16.2. The van der Waals surface area contributed by atoms with E-state index in [0.29, 0.717) is 12.5 Å². The van der Waals surface area contributed by atoms with E-state index in [4.69, 9.17) is 11.0 Å². The maximum atomic E-state index is 10.4. The predicted octanol–water partition coefficient (Wildman–Crippen LogP) is 0.985. The van der Waals surface area contributed by atoms with Gasteiger partial charge in [-0.05, 0) is 31.6 Å². The van der Waals surface area contributed by atoms with Crippen LogP contribution in [0.3, 0.4) is 0 Å². The second kappa shape index (κ2) is 4.70. The summed E-state index contributed by atoms with van der Waals surface area (Å²) < 4.78 is 0. The number of nitrogens with zero attached hydrogens (tertiary/aromatic N) is 1. The number of primary amides is 1. The Labute approximate surface area is 78.1 Å². The zero-order valence-corrected chi connectivity index (χ0v) is 7.62. The molecule has 0 aromatic rings. The first kappa shape index (κ1) is 9.85. The van der Waals surface area contributed by atoms with Crippen LogP contribution in [0.2, 0.25) is 0 Å². The number of carbonyl (C=O) groups excluding carboxylic acids is 1. The Bertz CT molecular complexity index is 213. The molecule has 0 atom stereocenters. The molecule has 0 aromatic carbocycles. The Kier molecular flexibility index (Phi) is 3.56. The zero-order chi connectivity index (χ0) is 9.68. The van der Waals surface area contributed by atoms with Crippen molar-refractivity contribution in [3.8, 4) is 6.07 Å². The van der Waals surface area contributed by atoms with E-state index in [0.717, 1.165) is 25.7 Å². The smallest absolute Gasteiger partial charge is 0.312 e. The third kappa shape index (κ3) is 3.32. The van der Waals surface area contributed by atoms with Crippen LogP contribution < -0.4 is 11.1 Å². The number of carbonyl (C=O) groups is 1. The lowest BCUT2D eigenvalue weighted by molar-refractivity contribution is 0.242. The summed E-state index contributed by atoms with van der Waals surface area (Å²) in [4.78, 5) is 10.4. The van der Waals surface area contributed by atoms with E-state index in [-0.39, 0.29) is 5.92 Å². The summed E-state index contributed by atoms with van der Waals surface area (Å²) in [5, 5.41) is 11.3. The van der Waals surface area contributed by atoms with Gasteiger partial charge in [-0.25, -0.2) is 4.79 Å². The fraction of sp³-hybridized carbons (Fsp3) is 0.778. The molecule has 4 nitrogen and oxygen atoms in total. The van der Waals surface area contributed by atoms with E-state index in [2.05, 4.69) is 11.4 Å². The first-order chi connectivity index (χ1) is 6.22. The summed E-state index contributed by atoms with van der Waals surface area (Å²) in [7, 11) is 0. The van der Waals surface area contributed by atoms with E-state index in [1.54, 1.807) is 0 Å². The molecular weight excluding hydrogens is 166 g/mol. The molecule has 1 rings (SSSR count). The Morgan fingerprint density at radius 2 is 2.08 bits per heavy atom. The summed E-state index contributed by atoms with van der Waals surface area (Å²) in [6.07, 6.45) is 3.97. The first-order valence-corrected chi connectivity index (χ1v) is 4.65. The highest BCUT2D eigenvalue weighted by Crippen LogP contribution is 2.27. The third-order valence-electron chi connectivity index (χ3n) is 2.59. The molecule has 0 radical (unpaired) electrons. The molecule has 1 saturated carbocycles. The Morgan fingerprint density at radius 1 is 1.46 bits per heavy atom. The van der Waals surface area contributed by atoms with E-state index in [1.165, 1.54) is 0 Å². The van der Waals surface area contributed by atoms with E-state index in [9.17, 15) is 4.79 Å². The molecule has 0 spiro atoms. The van der Waals surface area contributed by atoms with Gasteiger partial charge in [-0.1, -0.05) is 0 Å². The van der Waals surface area contributed by atoms with Gasteiger partial charge in [-0.15, -0.1) is 0 Å². The van der Waals surface area contributed by atoms with Crippen molar-refractivity contribution < 1.29 is 4.79 Å². The number of rotatable bonds is 2. The van der Waals surface area contributed by atoms with Crippen LogP contribution in [0.1, 0.15) is 25.7 Å². The summed E-state index contributed by atoms with van der Waals surface area (Å²) in [5.41, 5.74) is 4.96. The minimum absolute atomic E-state index is 0.227. The van der Waals surface area contributed by atoms with Gasteiger partial charge in [0.2, 0.25) is 0 Å². The number of nitriles is 1. The molecular formula is C9H15N3O. The van der Waals surface area contributed by atoms with Crippen LogP contribution >= 0.6 is 0 Å². The summed E-state index contributed by atoms with van der Waals surface area (Å²) in [5.74, 6) is 0.738. The van der Waals surface area contributed by atoms with Crippen molar-refractivity contribution in [1.29, 1.82) is 5.26 Å². The van der Waals surface area contributed by atoms with Crippen molar-refractivity contribution in [2.45, 2.75) is 25.7 Å². The largest absolute Gasteiger partial charge is 0.352 e. The minimum atomic E-state index is -0.456. The van der Waals surface area contributed by atoms with Gasteiger partial charge in [0.25, 0.3) is 0 Å². The van der Waals surface area contributed by atoms with Gasteiger partial charge in [-0.3, -0.25) is 0 Å². The van der Waals surface area contributed by atoms with Crippen LogP contribution in [0.5, 0.6) is 0 Å². The highest BCUT2D eigenvalue weighted by molar-refractivity contribution is 5.71. The lowest BCUT2D eigenvalue weighted by atomic mass is 9.83. The molecule has 0 aromatic heterocycles. The number of hydrogen-bond acceptors (Lipinski definition) is 2. The van der Waals surface area contributed by atoms with Crippen molar-refractivity contribution in [2.75, 3.05) is 6.54 Å². The third-order valence-corrected chi connectivity index (χ3v) is 2.59. The van der Waals surface area contributed by atoms with Gasteiger partial charge >= 0.3 is 6.03 Å². The average Bonchev–Trinajstić information content (AvgIpc) is 2.15. The first-order valence-electron chi connectivity index (χ1n) is 4.65. The van der Waals surface area contributed by atoms with Gasteiger partial charge < -0.3 is 11.1 Å². The average molecular weight is 181 g/mol. The Balaban J connectivity index is 2.18. The molecule has 0 heterocycles. The van der Waals surface area contributed by atoms with Crippen LogP contribution in [-0.4, -0.2) is 12.6 Å². The van der Waals surface area contributed by atoms with Crippen LogP contribution in [0.15, 0.2) is 0 Å². The molecule has 2 amide bonds. The second-order valence-corrected chi connectivity index (χ2v) is 3.59. The van der Waals surface area contributed by atoms with Gasteiger partial charge in [0, 0.05) is 12.5 Å². The summed E-state index contributed by atoms with van der Waals surface area (Å²) >= 11 is 0. The molecule has 0 aliphatic heterocycles. The molecule has 1 fully saturated rings. The molecule has 0 saturated heterocycles. The standard InChI is InChI=1S/C9H15N3O/c10-5-7-1-3-8(4-2-7)6-12-9(11)13/h7-8H,1-4,6H2,(H3,11,12,13). The predicted molar refractivity (Wildman–Crippen MR) is 48.6 cm³/mol. The molecule has 3 N–H and O–H groups in total. The number of amides is 2. The number of urea groups is 1. The SMILES string of the molecule is N#CC1CCC(CNC(N)=O)CC1. The molecule has 1 aliphatic carbocycles. The molecule has 4 heteroatoms. The molecule has 0 bridgehead atoms. The highest BCUT2D eigenvalue weighted by Gasteiger charge is 2.20.